The Morgan fingerprint density at radius 2 is 1.86 bits per heavy atom. The largest absolute Gasteiger partial charge is 0.376 e. The molecular formula is C28H29N3O3S. The van der Waals surface area contributed by atoms with Crippen molar-refractivity contribution in [3.05, 3.63) is 93.5 Å². The van der Waals surface area contributed by atoms with Gasteiger partial charge in [-0.15, -0.1) is 0 Å². The number of rotatable bonds is 8. The van der Waals surface area contributed by atoms with Crippen molar-refractivity contribution in [1.29, 1.82) is 0 Å². The summed E-state index contributed by atoms with van der Waals surface area (Å²) >= 11 is 1.32. The highest BCUT2D eigenvalue weighted by Crippen LogP contribution is 2.24. The first kappa shape index (κ1) is 23.6. The third-order valence-corrected chi connectivity index (χ3v) is 7.60. The zero-order chi connectivity index (χ0) is 24.4. The smallest absolute Gasteiger partial charge is 0.262 e. The van der Waals surface area contributed by atoms with Crippen molar-refractivity contribution in [2.24, 2.45) is 0 Å². The SMILES string of the molecule is Cc1cc(C(=O)CSc2nc3ccccc3c(=O)n2Cc2ccccc2)c(C)n1C[C@H]1CCCO1. The van der Waals surface area contributed by atoms with Gasteiger partial charge in [0.25, 0.3) is 5.56 Å². The van der Waals surface area contributed by atoms with Crippen LogP contribution in [-0.4, -0.2) is 38.4 Å². The van der Waals surface area contributed by atoms with E-state index >= 15 is 0 Å². The quantitative estimate of drug-likeness (QED) is 0.198. The highest BCUT2D eigenvalue weighted by atomic mass is 32.2. The van der Waals surface area contributed by atoms with Gasteiger partial charge >= 0.3 is 0 Å². The van der Waals surface area contributed by atoms with Crippen molar-refractivity contribution in [1.82, 2.24) is 14.1 Å². The van der Waals surface area contributed by atoms with Gasteiger partial charge < -0.3 is 9.30 Å². The minimum Gasteiger partial charge on any atom is -0.376 e. The van der Waals surface area contributed by atoms with E-state index in [1.165, 1.54) is 11.8 Å². The topological polar surface area (TPSA) is 66.1 Å². The fourth-order valence-corrected chi connectivity index (χ4v) is 5.61. The van der Waals surface area contributed by atoms with Crippen molar-refractivity contribution >= 4 is 28.4 Å². The molecule has 0 saturated carbocycles. The van der Waals surface area contributed by atoms with Crippen LogP contribution in [0.15, 0.2) is 70.6 Å². The number of Topliss-reactive ketones (excluding diaryl/α,β-unsaturated/α-hetero) is 1. The van der Waals surface area contributed by atoms with E-state index in [4.69, 9.17) is 9.72 Å². The van der Waals surface area contributed by atoms with Gasteiger partial charge in [0, 0.05) is 30.1 Å². The molecular weight excluding hydrogens is 458 g/mol. The van der Waals surface area contributed by atoms with Crippen LogP contribution in [0.2, 0.25) is 0 Å². The average Bonchev–Trinajstić information content (AvgIpc) is 3.49. The first-order valence-electron chi connectivity index (χ1n) is 12.0. The number of carbonyl (C=O) groups is 1. The summed E-state index contributed by atoms with van der Waals surface area (Å²) in [5.74, 6) is 0.249. The fourth-order valence-electron chi connectivity index (χ4n) is 4.73. The molecule has 0 aliphatic carbocycles. The van der Waals surface area contributed by atoms with Crippen molar-refractivity contribution in [2.45, 2.75) is 51.0 Å². The molecule has 2 aromatic carbocycles. The molecule has 1 aliphatic heterocycles. The number of fused-ring (bicyclic) bond motifs is 1. The monoisotopic (exact) mass is 487 g/mol. The fraction of sp³-hybridized carbons (Fsp3) is 0.321. The minimum absolute atomic E-state index is 0.0374. The zero-order valence-corrected chi connectivity index (χ0v) is 20.9. The van der Waals surface area contributed by atoms with Crippen LogP contribution in [0.25, 0.3) is 10.9 Å². The zero-order valence-electron chi connectivity index (χ0n) is 20.1. The molecule has 7 heteroatoms. The van der Waals surface area contributed by atoms with E-state index in [9.17, 15) is 9.59 Å². The lowest BCUT2D eigenvalue weighted by atomic mass is 10.2. The predicted molar refractivity (Wildman–Crippen MR) is 139 cm³/mol. The van der Waals surface area contributed by atoms with Crippen LogP contribution in [-0.2, 0) is 17.8 Å². The molecule has 0 bridgehead atoms. The summed E-state index contributed by atoms with van der Waals surface area (Å²) in [5.41, 5.74) is 4.33. The minimum atomic E-state index is -0.0934. The van der Waals surface area contributed by atoms with E-state index < -0.39 is 0 Å². The highest BCUT2D eigenvalue weighted by molar-refractivity contribution is 7.99. The Morgan fingerprint density at radius 1 is 1.09 bits per heavy atom. The number of ether oxygens (including phenoxy) is 1. The predicted octanol–water partition coefficient (Wildman–Crippen LogP) is 5.02. The van der Waals surface area contributed by atoms with Gasteiger partial charge in [-0.1, -0.05) is 54.2 Å². The maximum atomic E-state index is 13.3. The van der Waals surface area contributed by atoms with Crippen molar-refractivity contribution in [2.75, 3.05) is 12.4 Å². The summed E-state index contributed by atoms with van der Waals surface area (Å²) in [5, 5.41) is 1.14. The van der Waals surface area contributed by atoms with Gasteiger partial charge in [-0.25, -0.2) is 4.98 Å². The number of aromatic nitrogens is 3. The highest BCUT2D eigenvalue weighted by Gasteiger charge is 2.22. The van der Waals surface area contributed by atoms with Crippen LogP contribution < -0.4 is 5.56 Å². The second kappa shape index (κ2) is 10.2. The molecule has 35 heavy (non-hydrogen) atoms. The number of carbonyl (C=O) groups excluding carboxylic acids is 1. The Morgan fingerprint density at radius 3 is 2.63 bits per heavy atom. The van der Waals surface area contributed by atoms with E-state index in [-0.39, 0.29) is 23.2 Å². The van der Waals surface area contributed by atoms with Gasteiger partial charge in [-0.05, 0) is 50.5 Å². The summed E-state index contributed by atoms with van der Waals surface area (Å²) in [7, 11) is 0. The van der Waals surface area contributed by atoms with E-state index in [0.29, 0.717) is 22.6 Å². The molecule has 2 aromatic heterocycles. The van der Waals surface area contributed by atoms with Gasteiger partial charge in [0.1, 0.15) is 0 Å². The lowest BCUT2D eigenvalue weighted by Gasteiger charge is -2.15. The lowest BCUT2D eigenvalue weighted by Crippen LogP contribution is -2.24. The number of para-hydroxylation sites is 1. The Labute approximate surface area is 208 Å². The summed E-state index contributed by atoms with van der Waals surface area (Å²) in [6.07, 6.45) is 2.37. The second-order valence-electron chi connectivity index (χ2n) is 9.03. The van der Waals surface area contributed by atoms with E-state index in [1.54, 1.807) is 10.6 Å². The number of ketones is 1. The van der Waals surface area contributed by atoms with Crippen LogP contribution in [0.3, 0.4) is 0 Å². The maximum Gasteiger partial charge on any atom is 0.262 e. The van der Waals surface area contributed by atoms with Crippen LogP contribution in [0, 0.1) is 13.8 Å². The Hall–Kier alpha value is -3.16. The Kier molecular flexibility index (Phi) is 6.88. The van der Waals surface area contributed by atoms with Crippen LogP contribution >= 0.6 is 11.8 Å². The number of hydrogen-bond donors (Lipinski definition) is 0. The summed E-state index contributed by atoms with van der Waals surface area (Å²) < 4.78 is 9.66. The van der Waals surface area contributed by atoms with Gasteiger partial charge in [0.2, 0.25) is 0 Å². The summed E-state index contributed by atoms with van der Waals surface area (Å²) in [6, 6.07) is 19.2. The number of nitrogens with zero attached hydrogens (tertiary/aromatic N) is 3. The van der Waals surface area contributed by atoms with Crippen LogP contribution in [0.4, 0.5) is 0 Å². The summed E-state index contributed by atoms with van der Waals surface area (Å²) in [6.45, 7) is 6.04. The van der Waals surface area contributed by atoms with Gasteiger partial charge in [0.05, 0.1) is 29.3 Å². The molecule has 1 saturated heterocycles. The van der Waals surface area contributed by atoms with Crippen molar-refractivity contribution in [3.63, 3.8) is 0 Å². The van der Waals surface area contributed by atoms with Gasteiger partial charge in [-0.2, -0.15) is 0 Å². The molecule has 0 N–H and O–H groups in total. The molecule has 6 nitrogen and oxygen atoms in total. The van der Waals surface area contributed by atoms with Crippen molar-refractivity contribution < 1.29 is 9.53 Å². The molecule has 0 spiro atoms. The third kappa shape index (κ3) is 4.97. The molecule has 5 rings (SSSR count). The normalized spacial score (nSPS) is 15.7. The molecule has 3 heterocycles. The Balaban J connectivity index is 1.41. The third-order valence-electron chi connectivity index (χ3n) is 6.63. The maximum absolute atomic E-state index is 13.3. The van der Waals surface area contributed by atoms with E-state index in [1.807, 2.05) is 68.4 Å². The van der Waals surface area contributed by atoms with Gasteiger partial charge in [0.15, 0.2) is 10.9 Å². The first-order chi connectivity index (χ1) is 17.0. The molecule has 1 aliphatic rings. The van der Waals surface area contributed by atoms with E-state index in [0.717, 1.165) is 48.5 Å². The summed E-state index contributed by atoms with van der Waals surface area (Å²) in [4.78, 5) is 31.4. The molecule has 180 valence electrons. The average molecular weight is 488 g/mol. The number of benzene rings is 2. The van der Waals surface area contributed by atoms with Gasteiger partial charge in [-0.3, -0.25) is 14.2 Å². The molecule has 0 unspecified atom stereocenters. The molecule has 1 atom stereocenters. The van der Waals surface area contributed by atoms with E-state index in [2.05, 4.69) is 4.57 Å². The molecule has 4 aromatic rings. The lowest BCUT2D eigenvalue weighted by molar-refractivity contribution is 0.0957. The first-order valence-corrected chi connectivity index (χ1v) is 13.0. The second-order valence-corrected chi connectivity index (χ2v) is 9.97. The molecule has 1 fully saturated rings. The standard InChI is InChI=1S/C28H29N3O3S/c1-19-15-24(20(2)30(19)17-22-11-8-14-34-22)26(32)18-35-28-29-25-13-7-6-12-23(25)27(33)31(28)16-21-9-4-3-5-10-21/h3-7,9-10,12-13,15,22H,8,11,14,16-18H2,1-2H3/t22-/m1/s1. The number of thioether (sulfide) groups is 1. The van der Waals surface area contributed by atoms with Crippen LogP contribution in [0.1, 0.15) is 40.2 Å². The number of aryl methyl sites for hydroxylation is 1. The molecule has 0 radical (unpaired) electrons. The Bertz CT molecular complexity index is 1420. The van der Waals surface area contributed by atoms with Crippen LogP contribution in [0.5, 0.6) is 0 Å². The van der Waals surface area contributed by atoms with Crippen molar-refractivity contribution in [3.8, 4) is 0 Å². The number of hydrogen-bond acceptors (Lipinski definition) is 5. The molecule has 0 amide bonds.